The lowest BCUT2D eigenvalue weighted by atomic mass is 10.3. The minimum Gasteiger partial charge on any atom is -0.484 e. The first-order chi connectivity index (χ1) is 5.68. The van der Waals surface area contributed by atoms with Crippen LogP contribution in [0.15, 0.2) is 24.3 Å². The second-order valence-corrected chi connectivity index (χ2v) is 3.45. The number of benzene rings is 1. The molecule has 1 aromatic carbocycles. The van der Waals surface area contributed by atoms with Gasteiger partial charge in [-0.15, -0.1) is 0 Å². The highest BCUT2D eigenvalue weighted by Crippen LogP contribution is 2.12. The molecular formula is C8H8INO2. The highest BCUT2D eigenvalue weighted by Gasteiger charge is 1.95. The smallest absolute Gasteiger partial charge is 0.255 e. The zero-order valence-electron chi connectivity index (χ0n) is 6.29. The molecule has 4 heteroatoms. The Hall–Kier alpha value is -0.780. The number of amides is 1. The van der Waals surface area contributed by atoms with Crippen molar-refractivity contribution in [2.75, 3.05) is 6.61 Å². The van der Waals surface area contributed by atoms with Crippen LogP contribution in [0, 0.1) is 3.57 Å². The van der Waals surface area contributed by atoms with Gasteiger partial charge in [-0.1, -0.05) is 0 Å². The molecule has 0 aliphatic rings. The van der Waals surface area contributed by atoms with Crippen LogP contribution >= 0.6 is 22.6 Å². The minimum atomic E-state index is -0.464. The molecule has 1 aromatic rings. The van der Waals surface area contributed by atoms with Crippen LogP contribution < -0.4 is 10.5 Å². The van der Waals surface area contributed by atoms with Crippen molar-refractivity contribution in [2.24, 2.45) is 5.73 Å². The van der Waals surface area contributed by atoms with Gasteiger partial charge in [-0.2, -0.15) is 0 Å². The molecule has 1 rings (SSSR count). The number of carbonyl (C=O) groups excluding carboxylic acids is 1. The van der Waals surface area contributed by atoms with E-state index in [2.05, 4.69) is 22.6 Å². The lowest BCUT2D eigenvalue weighted by molar-refractivity contribution is -0.119. The molecule has 0 bridgehead atoms. The van der Waals surface area contributed by atoms with Crippen LogP contribution in [0.1, 0.15) is 0 Å². The number of ether oxygens (including phenoxy) is 1. The van der Waals surface area contributed by atoms with Gasteiger partial charge in [0.2, 0.25) is 0 Å². The van der Waals surface area contributed by atoms with E-state index in [1.54, 1.807) is 12.1 Å². The summed E-state index contributed by atoms with van der Waals surface area (Å²) in [4.78, 5) is 10.3. The molecule has 0 atom stereocenters. The third kappa shape index (κ3) is 3.08. The molecule has 0 spiro atoms. The molecule has 0 saturated heterocycles. The van der Waals surface area contributed by atoms with E-state index in [4.69, 9.17) is 10.5 Å². The Balaban J connectivity index is 2.53. The van der Waals surface area contributed by atoms with Crippen molar-refractivity contribution in [3.05, 3.63) is 27.8 Å². The molecule has 0 saturated carbocycles. The Morgan fingerprint density at radius 1 is 1.42 bits per heavy atom. The van der Waals surface area contributed by atoms with Gasteiger partial charge in [0.15, 0.2) is 6.61 Å². The summed E-state index contributed by atoms with van der Waals surface area (Å²) in [6.07, 6.45) is 0. The molecule has 2 N–H and O–H groups in total. The van der Waals surface area contributed by atoms with Gasteiger partial charge in [-0.05, 0) is 46.9 Å². The fourth-order valence-corrected chi connectivity index (χ4v) is 1.04. The summed E-state index contributed by atoms with van der Waals surface area (Å²) in [7, 11) is 0. The first kappa shape index (κ1) is 9.31. The summed E-state index contributed by atoms with van der Waals surface area (Å²) in [6.45, 7) is -0.0689. The molecule has 0 unspecified atom stereocenters. The Kier molecular flexibility index (Phi) is 3.33. The lowest BCUT2D eigenvalue weighted by Crippen LogP contribution is -2.19. The normalized spacial score (nSPS) is 9.42. The fraction of sp³-hybridized carbons (Fsp3) is 0.125. The van der Waals surface area contributed by atoms with E-state index in [-0.39, 0.29) is 6.61 Å². The van der Waals surface area contributed by atoms with Gasteiger partial charge >= 0.3 is 0 Å². The van der Waals surface area contributed by atoms with E-state index >= 15 is 0 Å². The van der Waals surface area contributed by atoms with E-state index in [1.807, 2.05) is 12.1 Å². The van der Waals surface area contributed by atoms with Crippen LogP contribution in [0.3, 0.4) is 0 Å². The summed E-state index contributed by atoms with van der Waals surface area (Å²) in [5.41, 5.74) is 4.90. The van der Waals surface area contributed by atoms with E-state index in [0.29, 0.717) is 5.75 Å². The molecule has 1 amide bonds. The molecule has 0 radical (unpaired) electrons. The van der Waals surface area contributed by atoms with Gasteiger partial charge in [0.1, 0.15) is 5.75 Å². The van der Waals surface area contributed by atoms with Crippen LogP contribution in [0.4, 0.5) is 0 Å². The third-order valence-corrected chi connectivity index (χ3v) is 1.91. The third-order valence-electron chi connectivity index (χ3n) is 1.19. The molecule has 3 nitrogen and oxygen atoms in total. The Morgan fingerprint density at radius 2 is 2.00 bits per heavy atom. The zero-order valence-corrected chi connectivity index (χ0v) is 8.45. The first-order valence-corrected chi connectivity index (χ1v) is 4.43. The maximum Gasteiger partial charge on any atom is 0.255 e. The SMILES string of the molecule is NC(=O)COc1ccc(I)cc1. The Morgan fingerprint density at radius 3 is 2.50 bits per heavy atom. The summed E-state index contributed by atoms with van der Waals surface area (Å²) in [6, 6.07) is 7.39. The number of rotatable bonds is 3. The maximum absolute atomic E-state index is 10.3. The first-order valence-electron chi connectivity index (χ1n) is 3.35. The minimum absolute atomic E-state index is 0.0689. The highest BCUT2D eigenvalue weighted by molar-refractivity contribution is 14.1. The van der Waals surface area contributed by atoms with Crippen molar-refractivity contribution >= 4 is 28.5 Å². The molecule has 0 fully saturated rings. The Labute approximate surface area is 84.0 Å². The quantitative estimate of drug-likeness (QED) is 0.843. The highest BCUT2D eigenvalue weighted by atomic mass is 127. The Bertz CT molecular complexity index is 271. The van der Waals surface area contributed by atoms with Crippen molar-refractivity contribution in [2.45, 2.75) is 0 Å². The molecule has 0 heterocycles. The van der Waals surface area contributed by atoms with Gasteiger partial charge in [0.05, 0.1) is 0 Å². The molecular weight excluding hydrogens is 269 g/mol. The van der Waals surface area contributed by atoms with Crippen LogP contribution in [0.2, 0.25) is 0 Å². The van der Waals surface area contributed by atoms with E-state index in [9.17, 15) is 4.79 Å². The lowest BCUT2D eigenvalue weighted by Gasteiger charge is -2.02. The standard InChI is InChI=1S/C8H8INO2/c9-6-1-3-7(4-2-6)12-5-8(10)11/h1-4H,5H2,(H2,10,11). The molecule has 0 aromatic heterocycles. The monoisotopic (exact) mass is 277 g/mol. The van der Waals surface area contributed by atoms with Crippen LogP contribution in [0.5, 0.6) is 5.75 Å². The number of nitrogens with two attached hydrogens (primary N) is 1. The summed E-state index contributed by atoms with van der Waals surface area (Å²) >= 11 is 2.19. The summed E-state index contributed by atoms with van der Waals surface area (Å²) in [5.74, 6) is 0.197. The van der Waals surface area contributed by atoms with Gasteiger partial charge in [-0.3, -0.25) is 4.79 Å². The van der Waals surface area contributed by atoms with Gasteiger partial charge < -0.3 is 10.5 Å². The number of hydrogen-bond donors (Lipinski definition) is 1. The van der Waals surface area contributed by atoms with Crippen molar-refractivity contribution < 1.29 is 9.53 Å². The predicted molar refractivity (Wildman–Crippen MR) is 53.8 cm³/mol. The summed E-state index contributed by atoms with van der Waals surface area (Å²) < 4.78 is 6.17. The number of primary amides is 1. The van der Waals surface area contributed by atoms with Crippen LogP contribution in [0.25, 0.3) is 0 Å². The second-order valence-electron chi connectivity index (χ2n) is 2.21. The topological polar surface area (TPSA) is 52.3 Å². The van der Waals surface area contributed by atoms with E-state index < -0.39 is 5.91 Å². The average molecular weight is 277 g/mol. The molecule has 64 valence electrons. The molecule has 0 aliphatic heterocycles. The van der Waals surface area contributed by atoms with Gasteiger partial charge in [0, 0.05) is 3.57 Å². The van der Waals surface area contributed by atoms with Gasteiger partial charge in [0.25, 0.3) is 5.91 Å². The number of carbonyl (C=O) groups is 1. The largest absolute Gasteiger partial charge is 0.484 e. The van der Waals surface area contributed by atoms with Crippen LogP contribution in [-0.4, -0.2) is 12.5 Å². The van der Waals surface area contributed by atoms with Crippen molar-refractivity contribution in [1.82, 2.24) is 0 Å². The van der Waals surface area contributed by atoms with Gasteiger partial charge in [-0.25, -0.2) is 0 Å². The fourth-order valence-electron chi connectivity index (χ4n) is 0.685. The average Bonchev–Trinajstić information content (AvgIpc) is 2.03. The number of halogens is 1. The van der Waals surface area contributed by atoms with Crippen LogP contribution in [-0.2, 0) is 4.79 Å². The summed E-state index contributed by atoms with van der Waals surface area (Å²) in [5, 5.41) is 0. The van der Waals surface area contributed by atoms with E-state index in [1.165, 1.54) is 0 Å². The second kappa shape index (κ2) is 4.30. The van der Waals surface area contributed by atoms with E-state index in [0.717, 1.165) is 3.57 Å². The van der Waals surface area contributed by atoms with Crippen molar-refractivity contribution in [3.63, 3.8) is 0 Å². The maximum atomic E-state index is 10.3. The molecule has 0 aliphatic carbocycles. The number of hydrogen-bond acceptors (Lipinski definition) is 2. The van der Waals surface area contributed by atoms with Crippen molar-refractivity contribution in [1.29, 1.82) is 0 Å². The zero-order chi connectivity index (χ0) is 8.97. The molecule has 12 heavy (non-hydrogen) atoms. The predicted octanol–water partition coefficient (Wildman–Crippen LogP) is 1.16. The van der Waals surface area contributed by atoms with Crippen molar-refractivity contribution in [3.8, 4) is 5.75 Å².